The third-order valence-electron chi connectivity index (χ3n) is 2.65. The zero-order chi connectivity index (χ0) is 10.2. The lowest BCUT2D eigenvalue weighted by Gasteiger charge is -2.33. The van der Waals surface area contributed by atoms with Gasteiger partial charge in [0.1, 0.15) is 0 Å². The Labute approximate surface area is 84.7 Å². The predicted octanol–water partition coefficient (Wildman–Crippen LogP) is 3.62. The van der Waals surface area contributed by atoms with E-state index in [0.717, 1.165) is 32.1 Å². The average Bonchev–Trinajstić information content (AvgIpc) is 2.15. The smallest absolute Gasteiger partial charge is 0.283 e. The molecule has 0 N–H and O–H groups in total. The number of rotatable bonds is 8. The van der Waals surface area contributed by atoms with Crippen LogP contribution < -0.4 is 0 Å². The molecule has 0 unspecified atom stereocenters. The van der Waals surface area contributed by atoms with Gasteiger partial charge in [0.05, 0.1) is 0 Å². The summed E-state index contributed by atoms with van der Waals surface area (Å²) >= 11 is 0. The monoisotopic (exact) mass is 182 g/mol. The van der Waals surface area contributed by atoms with Gasteiger partial charge >= 0.3 is 0 Å². The van der Waals surface area contributed by atoms with Gasteiger partial charge in [-0.05, 0) is 19.3 Å². The number of hydrogen-bond donors (Lipinski definition) is 0. The highest BCUT2D eigenvalue weighted by Crippen LogP contribution is 2.29. The van der Waals surface area contributed by atoms with Crippen LogP contribution in [0.4, 0.5) is 0 Å². The van der Waals surface area contributed by atoms with Gasteiger partial charge in [-0.2, -0.15) is 0 Å². The summed E-state index contributed by atoms with van der Waals surface area (Å²) in [6.07, 6.45) is 8.05. The van der Waals surface area contributed by atoms with E-state index in [4.69, 9.17) is 12.7 Å². The molecule has 1 nitrogen and oxygen atoms in total. The van der Waals surface area contributed by atoms with Gasteiger partial charge in [-0.3, -0.25) is 0 Å². The predicted molar refractivity (Wildman–Crippen MR) is 58.9 cm³/mol. The van der Waals surface area contributed by atoms with Crippen molar-refractivity contribution in [3.63, 3.8) is 0 Å². The highest BCUT2D eigenvalue weighted by Gasteiger charge is 2.25. The van der Waals surface area contributed by atoms with Gasteiger partial charge in [-0.25, -0.2) is 0 Å². The molecular formula is C11H23BO. The van der Waals surface area contributed by atoms with Crippen molar-refractivity contribution >= 4 is 8.05 Å². The number of hydrogen-bond acceptors (Lipinski definition) is 1. The van der Waals surface area contributed by atoms with E-state index in [1.165, 1.54) is 12.8 Å². The van der Waals surface area contributed by atoms with Gasteiger partial charge in [0, 0.05) is 5.60 Å². The summed E-state index contributed by atoms with van der Waals surface area (Å²) in [5.74, 6) is 0. The van der Waals surface area contributed by atoms with E-state index in [9.17, 15) is 0 Å². The molecule has 0 amide bonds. The summed E-state index contributed by atoms with van der Waals surface area (Å²) in [6.45, 7) is 6.59. The fourth-order valence-corrected chi connectivity index (χ4v) is 1.96. The highest BCUT2D eigenvalue weighted by molar-refractivity contribution is 5.98. The first-order valence-corrected chi connectivity index (χ1v) is 5.62. The summed E-state index contributed by atoms with van der Waals surface area (Å²) in [4.78, 5) is 0. The molecule has 0 aromatic heterocycles. The minimum Gasteiger partial charge on any atom is -0.442 e. The molecule has 0 saturated carbocycles. The van der Waals surface area contributed by atoms with Crippen molar-refractivity contribution in [2.24, 2.45) is 0 Å². The maximum atomic E-state index is 5.42. The van der Waals surface area contributed by atoms with E-state index in [1.807, 2.05) is 0 Å². The second kappa shape index (κ2) is 7.43. The Kier molecular flexibility index (Phi) is 7.45. The van der Waals surface area contributed by atoms with E-state index >= 15 is 0 Å². The van der Waals surface area contributed by atoms with Crippen LogP contribution >= 0.6 is 0 Å². The van der Waals surface area contributed by atoms with Crippen molar-refractivity contribution in [1.82, 2.24) is 0 Å². The van der Waals surface area contributed by atoms with Crippen LogP contribution in [0.15, 0.2) is 0 Å². The second-order valence-corrected chi connectivity index (χ2v) is 3.90. The first-order chi connectivity index (χ1) is 6.24. The second-order valence-electron chi connectivity index (χ2n) is 3.90. The molecule has 0 aliphatic rings. The third-order valence-corrected chi connectivity index (χ3v) is 2.65. The largest absolute Gasteiger partial charge is 0.442 e. The van der Waals surface area contributed by atoms with Crippen LogP contribution in [0.3, 0.4) is 0 Å². The SMILES string of the molecule is [B]OC(CCC)(CCC)CCCC. The van der Waals surface area contributed by atoms with Crippen LogP contribution in [-0.4, -0.2) is 13.7 Å². The Hall–Kier alpha value is 0.0249. The summed E-state index contributed by atoms with van der Waals surface area (Å²) < 4.78 is 5.22. The minimum atomic E-state index is -0.0283. The zero-order valence-corrected chi connectivity index (χ0v) is 9.44. The Morgan fingerprint density at radius 3 is 1.77 bits per heavy atom. The molecule has 0 aromatic carbocycles. The molecule has 2 radical (unpaired) electrons. The zero-order valence-electron chi connectivity index (χ0n) is 9.44. The van der Waals surface area contributed by atoms with Crippen molar-refractivity contribution in [3.05, 3.63) is 0 Å². The van der Waals surface area contributed by atoms with Crippen LogP contribution in [0, 0.1) is 0 Å². The average molecular weight is 182 g/mol. The molecular weight excluding hydrogens is 159 g/mol. The van der Waals surface area contributed by atoms with Crippen LogP contribution in [0.2, 0.25) is 0 Å². The van der Waals surface area contributed by atoms with Crippen molar-refractivity contribution in [1.29, 1.82) is 0 Å². The molecule has 0 aromatic rings. The maximum absolute atomic E-state index is 5.42. The summed E-state index contributed by atoms with van der Waals surface area (Å²) in [5, 5.41) is 0. The number of unbranched alkanes of at least 4 members (excludes halogenated alkanes) is 1. The molecule has 2 heteroatoms. The first-order valence-electron chi connectivity index (χ1n) is 5.62. The topological polar surface area (TPSA) is 9.23 Å². The Balaban J connectivity index is 4.07. The summed E-state index contributed by atoms with van der Waals surface area (Å²) in [6, 6.07) is 0. The van der Waals surface area contributed by atoms with Crippen LogP contribution in [-0.2, 0) is 4.65 Å². The van der Waals surface area contributed by atoms with Crippen LogP contribution in [0.1, 0.15) is 65.7 Å². The van der Waals surface area contributed by atoms with Crippen LogP contribution in [0.5, 0.6) is 0 Å². The minimum absolute atomic E-state index is 0.0283. The molecule has 0 saturated heterocycles. The lowest BCUT2D eigenvalue weighted by Crippen LogP contribution is -2.31. The molecule has 0 heterocycles. The molecule has 0 spiro atoms. The van der Waals surface area contributed by atoms with Gasteiger partial charge in [0.25, 0.3) is 8.05 Å². The van der Waals surface area contributed by atoms with E-state index < -0.39 is 0 Å². The Bertz CT molecular complexity index is 109. The molecule has 76 valence electrons. The van der Waals surface area contributed by atoms with Gasteiger partial charge in [-0.1, -0.05) is 46.5 Å². The Morgan fingerprint density at radius 2 is 1.46 bits per heavy atom. The molecule has 0 fully saturated rings. The fourth-order valence-electron chi connectivity index (χ4n) is 1.96. The standard InChI is InChI=1S/C11H23BO/c1-4-7-10-11(13-12,8-5-2)9-6-3/h4-10H2,1-3H3. The van der Waals surface area contributed by atoms with E-state index in [-0.39, 0.29) is 5.60 Å². The van der Waals surface area contributed by atoms with Crippen molar-refractivity contribution < 1.29 is 4.65 Å². The third kappa shape index (κ3) is 4.71. The van der Waals surface area contributed by atoms with E-state index in [1.54, 1.807) is 0 Å². The summed E-state index contributed by atoms with van der Waals surface area (Å²) in [5.41, 5.74) is -0.0283. The molecule has 0 aliphatic carbocycles. The van der Waals surface area contributed by atoms with E-state index in [0.29, 0.717) is 0 Å². The van der Waals surface area contributed by atoms with Crippen LogP contribution in [0.25, 0.3) is 0 Å². The quantitative estimate of drug-likeness (QED) is 0.521. The fraction of sp³-hybridized carbons (Fsp3) is 1.00. The molecule has 0 bridgehead atoms. The van der Waals surface area contributed by atoms with Crippen molar-refractivity contribution in [3.8, 4) is 0 Å². The van der Waals surface area contributed by atoms with Gasteiger partial charge in [0.2, 0.25) is 0 Å². The first kappa shape index (κ1) is 13.0. The maximum Gasteiger partial charge on any atom is 0.283 e. The van der Waals surface area contributed by atoms with Gasteiger partial charge in [0.15, 0.2) is 0 Å². The summed E-state index contributed by atoms with van der Waals surface area (Å²) in [7, 11) is 5.42. The lowest BCUT2D eigenvalue weighted by molar-refractivity contribution is 0.0469. The van der Waals surface area contributed by atoms with Crippen molar-refractivity contribution in [2.45, 2.75) is 71.3 Å². The molecule has 13 heavy (non-hydrogen) atoms. The molecule has 0 aliphatic heterocycles. The van der Waals surface area contributed by atoms with Gasteiger partial charge in [-0.15, -0.1) is 0 Å². The molecule has 0 atom stereocenters. The van der Waals surface area contributed by atoms with Crippen molar-refractivity contribution in [2.75, 3.05) is 0 Å². The normalized spacial score (nSPS) is 11.9. The lowest BCUT2D eigenvalue weighted by atomic mass is 9.86. The van der Waals surface area contributed by atoms with E-state index in [2.05, 4.69) is 20.8 Å². The highest BCUT2D eigenvalue weighted by atomic mass is 16.4. The Morgan fingerprint density at radius 1 is 0.923 bits per heavy atom. The molecule has 0 rings (SSSR count). The van der Waals surface area contributed by atoms with Gasteiger partial charge < -0.3 is 4.65 Å².